The lowest BCUT2D eigenvalue weighted by atomic mass is 10.3. The SMILES string of the molecule is NC/C=C/CNS(=O)(=O)c1ccc(F)cc1Br. The van der Waals surface area contributed by atoms with Gasteiger partial charge in [0.25, 0.3) is 0 Å². The number of halogens is 2. The molecule has 0 fully saturated rings. The normalized spacial score (nSPS) is 12.2. The Morgan fingerprint density at radius 2 is 2.12 bits per heavy atom. The van der Waals surface area contributed by atoms with Crippen LogP contribution in [-0.4, -0.2) is 21.5 Å². The third-order valence-corrected chi connectivity index (χ3v) is 4.28. The van der Waals surface area contributed by atoms with E-state index in [2.05, 4.69) is 20.7 Å². The Balaban J connectivity index is 2.86. The number of nitrogens with one attached hydrogen (secondary N) is 1. The fraction of sp³-hybridized carbons (Fsp3) is 0.200. The lowest BCUT2D eigenvalue weighted by molar-refractivity contribution is 0.584. The Bertz CT molecular complexity index is 517. The van der Waals surface area contributed by atoms with Gasteiger partial charge in [0.15, 0.2) is 0 Å². The number of hydrogen-bond acceptors (Lipinski definition) is 3. The average molecular weight is 323 g/mol. The summed E-state index contributed by atoms with van der Waals surface area (Å²) < 4.78 is 39.0. The third-order valence-electron chi connectivity index (χ3n) is 1.88. The van der Waals surface area contributed by atoms with Crippen LogP contribution < -0.4 is 10.5 Å². The maximum absolute atomic E-state index is 12.8. The fourth-order valence-corrected chi connectivity index (χ4v) is 3.13. The first-order valence-corrected chi connectivity index (χ1v) is 7.05. The molecule has 0 atom stereocenters. The van der Waals surface area contributed by atoms with E-state index in [9.17, 15) is 12.8 Å². The first kappa shape index (κ1) is 14.3. The molecule has 0 saturated carbocycles. The molecule has 17 heavy (non-hydrogen) atoms. The molecule has 94 valence electrons. The summed E-state index contributed by atoms with van der Waals surface area (Å²) in [5, 5.41) is 0. The molecule has 1 aromatic rings. The van der Waals surface area contributed by atoms with Crippen LogP contribution in [-0.2, 0) is 10.0 Å². The summed E-state index contributed by atoms with van der Waals surface area (Å²) >= 11 is 3.01. The topological polar surface area (TPSA) is 72.2 Å². The van der Waals surface area contributed by atoms with E-state index in [1.54, 1.807) is 12.2 Å². The van der Waals surface area contributed by atoms with Gasteiger partial charge in [-0.2, -0.15) is 0 Å². The predicted octanol–water partition coefficient (Wildman–Crippen LogP) is 1.38. The Kier molecular flexibility index (Phi) is 5.26. The van der Waals surface area contributed by atoms with E-state index in [-0.39, 0.29) is 15.9 Å². The van der Waals surface area contributed by atoms with Gasteiger partial charge >= 0.3 is 0 Å². The molecular weight excluding hydrogens is 311 g/mol. The highest BCUT2D eigenvalue weighted by Crippen LogP contribution is 2.22. The molecule has 0 unspecified atom stereocenters. The van der Waals surface area contributed by atoms with Crippen molar-refractivity contribution in [1.29, 1.82) is 0 Å². The Labute approximate surface area is 108 Å². The van der Waals surface area contributed by atoms with Gasteiger partial charge in [0, 0.05) is 17.6 Å². The molecular formula is C10H12BrFN2O2S. The average Bonchev–Trinajstić information content (AvgIpc) is 2.24. The Morgan fingerprint density at radius 1 is 1.41 bits per heavy atom. The van der Waals surface area contributed by atoms with E-state index in [0.29, 0.717) is 6.54 Å². The molecule has 0 aromatic heterocycles. The van der Waals surface area contributed by atoms with Gasteiger partial charge in [-0.3, -0.25) is 0 Å². The van der Waals surface area contributed by atoms with Crippen molar-refractivity contribution in [3.8, 4) is 0 Å². The van der Waals surface area contributed by atoms with Gasteiger partial charge in [0.2, 0.25) is 10.0 Å². The largest absolute Gasteiger partial charge is 0.327 e. The van der Waals surface area contributed by atoms with E-state index in [1.807, 2.05) is 0 Å². The standard InChI is InChI=1S/C10H12BrFN2O2S/c11-9-7-8(12)3-4-10(9)17(15,16)14-6-2-1-5-13/h1-4,7,14H,5-6,13H2/b2-1+. The molecule has 0 aliphatic rings. The smallest absolute Gasteiger partial charge is 0.241 e. The van der Waals surface area contributed by atoms with Crippen LogP contribution in [0.25, 0.3) is 0 Å². The maximum Gasteiger partial charge on any atom is 0.241 e. The Hall–Kier alpha value is -0.760. The van der Waals surface area contributed by atoms with Crippen LogP contribution in [0, 0.1) is 5.82 Å². The maximum atomic E-state index is 12.8. The molecule has 0 radical (unpaired) electrons. The molecule has 1 aromatic carbocycles. The second-order valence-corrected chi connectivity index (χ2v) is 5.72. The molecule has 7 heteroatoms. The molecule has 1 rings (SSSR count). The molecule has 0 heterocycles. The van der Waals surface area contributed by atoms with Crippen molar-refractivity contribution in [2.45, 2.75) is 4.90 Å². The highest BCUT2D eigenvalue weighted by Gasteiger charge is 2.16. The quantitative estimate of drug-likeness (QED) is 0.804. The summed E-state index contributed by atoms with van der Waals surface area (Å²) in [5.74, 6) is -0.501. The van der Waals surface area contributed by atoms with Gasteiger partial charge < -0.3 is 5.73 Å². The van der Waals surface area contributed by atoms with Crippen molar-refractivity contribution < 1.29 is 12.8 Å². The second kappa shape index (κ2) is 6.25. The van der Waals surface area contributed by atoms with E-state index < -0.39 is 15.8 Å². The molecule has 4 nitrogen and oxygen atoms in total. The lowest BCUT2D eigenvalue weighted by Gasteiger charge is -2.06. The molecule has 0 aliphatic heterocycles. The van der Waals surface area contributed by atoms with Crippen LogP contribution in [0.15, 0.2) is 39.7 Å². The minimum atomic E-state index is -3.64. The van der Waals surface area contributed by atoms with Crippen molar-refractivity contribution in [2.24, 2.45) is 5.73 Å². The van der Waals surface area contributed by atoms with Gasteiger partial charge in [-0.1, -0.05) is 12.2 Å². The van der Waals surface area contributed by atoms with Crippen molar-refractivity contribution >= 4 is 26.0 Å². The fourth-order valence-electron chi connectivity index (χ4n) is 1.11. The van der Waals surface area contributed by atoms with Crippen LogP contribution in [0.2, 0.25) is 0 Å². The molecule has 0 amide bonds. The zero-order chi connectivity index (χ0) is 12.9. The van der Waals surface area contributed by atoms with E-state index in [4.69, 9.17) is 5.73 Å². The van der Waals surface area contributed by atoms with Crippen molar-refractivity contribution in [2.75, 3.05) is 13.1 Å². The summed E-state index contributed by atoms with van der Waals surface area (Å²) in [6.45, 7) is 0.491. The van der Waals surface area contributed by atoms with E-state index >= 15 is 0 Å². The minimum absolute atomic E-state index is 0.0000449. The zero-order valence-electron chi connectivity index (χ0n) is 8.86. The molecule has 0 aliphatic carbocycles. The van der Waals surface area contributed by atoms with Crippen LogP contribution in [0.3, 0.4) is 0 Å². The summed E-state index contributed by atoms with van der Waals surface area (Å²) in [4.78, 5) is 0.0000449. The van der Waals surface area contributed by atoms with Gasteiger partial charge in [-0.25, -0.2) is 17.5 Å². The summed E-state index contributed by atoms with van der Waals surface area (Å²) in [6.07, 6.45) is 3.25. The number of sulfonamides is 1. The van der Waals surface area contributed by atoms with Crippen LogP contribution in [0.1, 0.15) is 0 Å². The van der Waals surface area contributed by atoms with Crippen molar-refractivity contribution in [1.82, 2.24) is 4.72 Å². The summed E-state index contributed by atoms with van der Waals surface area (Å²) in [5.41, 5.74) is 5.22. The van der Waals surface area contributed by atoms with Gasteiger partial charge in [-0.15, -0.1) is 0 Å². The second-order valence-electron chi connectivity index (χ2n) is 3.13. The lowest BCUT2D eigenvalue weighted by Crippen LogP contribution is -2.24. The first-order valence-electron chi connectivity index (χ1n) is 4.77. The van der Waals surface area contributed by atoms with Crippen LogP contribution >= 0.6 is 15.9 Å². The summed E-state index contributed by atoms with van der Waals surface area (Å²) in [7, 11) is -3.64. The predicted molar refractivity (Wildman–Crippen MR) is 67.5 cm³/mol. The molecule has 0 saturated heterocycles. The Morgan fingerprint density at radius 3 is 2.71 bits per heavy atom. The zero-order valence-corrected chi connectivity index (χ0v) is 11.3. The molecule has 0 bridgehead atoms. The van der Waals surface area contributed by atoms with Crippen LogP contribution in [0.4, 0.5) is 4.39 Å². The van der Waals surface area contributed by atoms with E-state index in [0.717, 1.165) is 12.1 Å². The number of nitrogens with two attached hydrogens (primary N) is 1. The van der Waals surface area contributed by atoms with Gasteiger partial charge in [0.1, 0.15) is 5.82 Å². The third kappa shape index (κ3) is 4.19. The van der Waals surface area contributed by atoms with Crippen LogP contribution in [0.5, 0.6) is 0 Å². The minimum Gasteiger partial charge on any atom is -0.327 e. The summed E-state index contributed by atoms with van der Waals surface area (Å²) in [6, 6.07) is 3.40. The number of hydrogen-bond donors (Lipinski definition) is 2. The number of benzene rings is 1. The monoisotopic (exact) mass is 322 g/mol. The van der Waals surface area contributed by atoms with Crippen molar-refractivity contribution in [3.63, 3.8) is 0 Å². The van der Waals surface area contributed by atoms with E-state index in [1.165, 1.54) is 6.07 Å². The highest BCUT2D eigenvalue weighted by atomic mass is 79.9. The van der Waals surface area contributed by atoms with Crippen molar-refractivity contribution in [3.05, 3.63) is 40.6 Å². The molecule has 3 N–H and O–H groups in total. The molecule has 0 spiro atoms. The number of rotatable bonds is 5. The van der Waals surface area contributed by atoms with Gasteiger partial charge in [0.05, 0.1) is 4.90 Å². The highest BCUT2D eigenvalue weighted by molar-refractivity contribution is 9.10. The van der Waals surface area contributed by atoms with Gasteiger partial charge in [-0.05, 0) is 34.1 Å². The first-order chi connectivity index (χ1) is 7.97.